The highest BCUT2D eigenvalue weighted by Gasteiger charge is 2.29. The second kappa shape index (κ2) is 7.03. The molecule has 6 nitrogen and oxygen atoms in total. The molecule has 1 aliphatic carbocycles. The van der Waals surface area contributed by atoms with Crippen LogP contribution in [0.4, 0.5) is 0 Å². The molecule has 1 atom stereocenters. The largest absolute Gasteiger partial charge is 0.472 e. The van der Waals surface area contributed by atoms with Gasteiger partial charge in [0.1, 0.15) is 5.76 Å². The van der Waals surface area contributed by atoms with Gasteiger partial charge in [0, 0.05) is 48.7 Å². The lowest BCUT2D eigenvalue weighted by molar-refractivity contribution is 0.0925. The van der Waals surface area contributed by atoms with Crippen LogP contribution in [-0.4, -0.2) is 47.1 Å². The average Bonchev–Trinajstić information content (AvgIpc) is 3.12. The minimum absolute atomic E-state index is 0.128. The molecule has 4 rings (SSSR count). The first-order chi connectivity index (χ1) is 11.8. The monoisotopic (exact) mass is 347 g/mol. The highest BCUT2D eigenvalue weighted by molar-refractivity contribution is 7.99. The molecule has 0 spiro atoms. The number of aromatic nitrogens is 1. The number of thioether (sulfide) groups is 1. The molecule has 24 heavy (non-hydrogen) atoms. The van der Waals surface area contributed by atoms with Crippen LogP contribution in [0.5, 0.6) is 0 Å². The van der Waals surface area contributed by atoms with Crippen LogP contribution in [0.3, 0.4) is 0 Å². The van der Waals surface area contributed by atoms with Crippen molar-refractivity contribution in [2.24, 2.45) is 0 Å². The van der Waals surface area contributed by atoms with Crippen LogP contribution < -0.4 is 5.32 Å². The summed E-state index contributed by atoms with van der Waals surface area (Å²) in [5.74, 6) is 3.36. The Hall–Kier alpha value is -1.73. The quantitative estimate of drug-likeness (QED) is 0.866. The van der Waals surface area contributed by atoms with Crippen LogP contribution in [0.25, 0.3) is 0 Å². The molecule has 1 aliphatic heterocycles. The minimum Gasteiger partial charge on any atom is -0.472 e. The molecule has 0 aromatic carbocycles. The van der Waals surface area contributed by atoms with E-state index in [1.165, 1.54) is 0 Å². The number of carbonyl (C=O) groups is 1. The van der Waals surface area contributed by atoms with Gasteiger partial charge in [-0.25, -0.2) is 0 Å². The first-order valence-electron chi connectivity index (χ1n) is 8.40. The Morgan fingerprint density at radius 3 is 2.96 bits per heavy atom. The van der Waals surface area contributed by atoms with Gasteiger partial charge < -0.3 is 14.3 Å². The summed E-state index contributed by atoms with van der Waals surface area (Å²) in [6.45, 7) is 2.58. The van der Waals surface area contributed by atoms with Crippen molar-refractivity contribution in [1.82, 2.24) is 15.4 Å². The Morgan fingerprint density at radius 1 is 1.42 bits per heavy atom. The molecule has 1 saturated carbocycles. The zero-order chi connectivity index (χ0) is 16.4. The molecular weight excluding hydrogens is 326 g/mol. The van der Waals surface area contributed by atoms with Crippen LogP contribution >= 0.6 is 11.8 Å². The van der Waals surface area contributed by atoms with E-state index in [9.17, 15) is 4.79 Å². The van der Waals surface area contributed by atoms with Crippen LogP contribution in [0.1, 0.15) is 46.6 Å². The summed E-state index contributed by atoms with van der Waals surface area (Å²) in [6.07, 6.45) is 5.71. The number of carbonyl (C=O) groups excluding carboxylic acids is 1. The molecule has 0 unspecified atom stereocenters. The standard InChI is InChI=1S/C17H21N3O3S/c21-17(14-9-16(23-19-14)12-1-2-12)18-10-15(13-3-6-22-11-13)20-4-7-24-8-5-20/h3,6,9,11-12,15H,1-2,4-5,7-8,10H2,(H,18,21)/t15-/m0/s1. The third-order valence-electron chi connectivity index (χ3n) is 4.61. The lowest BCUT2D eigenvalue weighted by atomic mass is 10.1. The van der Waals surface area contributed by atoms with Crippen molar-refractivity contribution in [2.45, 2.75) is 24.8 Å². The van der Waals surface area contributed by atoms with Gasteiger partial charge in [-0.3, -0.25) is 9.69 Å². The number of hydrogen-bond donors (Lipinski definition) is 1. The summed E-state index contributed by atoms with van der Waals surface area (Å²) in [5.41, 5.74) is 1.47. The molecule has 2 aromatic rings. The van der Waals surface area contributed by atoms with E-state index < -0.39 is 0 Å². The molecule has 7 heteroatoms. The number of nitrogens with zero attached hydrogens (tertiary/aromatic N) is 2. The molecule has 3 heterocycles. The van der Waals surface area contributed by atoms with Gasteiger partial charge in [0.25, 0.3) is 5.91 Å². The summed E-state index contributed by atoms with van der Waals surface area (Å²) in [4.78, 5) is 14.8. The van der Waals surface area contributed by atoms with Crippen molar-refractivity contribution >= 4 is 17.7 Å². The number of furan rings is 1. The maximum Gasteiger partial charge on any atom is 0.273 e. The number of hydrogen-bond acceptors (Lipinski definition) is 6. The zero-order valence-corrected chi connectivity index (χ0v) is 14.3. The summed E-state index contributed by atoms with van der Waals surface area (Å²) >= 11 is 1.97. The number of amides is 1. The van der Waals surface area contributed by atoms with E-state index >= 15 is 0 Å². The molecule has 2 fully saturated rings. The average molecular weight is 347 g/mol. The van der Waals surface area contributed by atoms with Crippen molar-refractivity contribution in [3.05, 3.63) is 41.7 Å². The molecular formula is C17H21N3O3S. The zero-order valence-electron chi connectivity index (χ0n) is 13.4. The van der Waals surface area contributed by atoms with Gasteiger partial charge in [-0.2, -0.15) is 11.8 Å². The Labute approximate surface area is 144 Å². The summed E-state index contributed by atoms with van der Waals surface area (Å²) in [5, 5.41) is 6.91. The Morgan fingerprint density at radius 2 is 2.25 bits per heavy atom. The Balaban J connectivity index is 1.41. The summed E-state index contributed by atoms with van der Waals surface area (Å²) in [7, 11) is 0. The van der Waals surface area contributed by atoms with Crippen molar-refractivity contribution in [2.75, 3.05) is 31.1 Å². The molecule has 1 saturated heterocycles. The fraction of sp³-hybridized carbons (Fsp3) is 0.529. The maximum absolute atomic E-state index is 12.4. The number of rotatable bonds is 6. The second-order valence-electron chi connectivity index (χ2n) is 6.32. The van der Waals surface area contributed by atoms with Crippen LogP contribution in [0.15, 0.2) is 33.6 Å². The van der Waals surface area contributed by atoms with E-state index in [0.717, 1.165) is 48.8 Å². The van der Waals surface area contributed by atoms with E-state index in [4.69, 9.17) is 8.94 Å². The van der Waals surface area contributed by atoms with Crippen LogP contribution in [0, 0.1) is 0 Å². The third-order valence-corrected chi connectivity index (χ3v) is 5.55. The van der Waals surface area contributed by atoms with Crippen molar-refractivity contribution < 1.29 is 13.7 Å². The first-order valence-corrected chi connectivity index (χ1v) is 9.55. The van der Waals surface area contributed by atoms with Gasteiger partial charge in [0.2, 0.25) is 0 Å². The minimum atomic E-state index is -0.175. The van der Waals surface area contributed by atoms with E-state index in [0.29, 0.717) is 18.2 Å². The topological polar surface area (TPSA) is 71.5 Å². The smallest absolute Gasteiger partial charge is 0.273 e. The highest BCUT2D eigenvalue weighted by Crippen LogP contribution is 2.40. The van der Waals surface area contributed by atoms with E-state index in [1.807, 2.05) is 17.8 Å². The van der Waals surface area contributed by atoms with E-state index in [2.05, 4.69) is 15.4 Å². The normalized spacial score (nSPS) is 20.0. The predicted molar refractivity (Wildman–Crippen MR) is 91.2 cm³/mol. The van der Waals surface area contributed by atoms with Gasteiger partial charge in [0.15, 0.2) is 5.69 Å². The molecule has 128 valence electrons. The third kappa shape index (κ3) is 3.52. The SMILES string of the molecule is O=C(NC[C@@H](c1ccoc1)N1CCSCC1)c1cc(C2CC2)on1. The van der Waals surface area contributed by atoms with Crippen molar-refractivity contribution in [3.8, 4) is 0 Å². The first kappa shape index (κ1) is 15.8. The predicted octanol–water partition coefficient (Wildman–Crippen LogP) is 2.66. The fourth-order valence-electron chi connectivity index (χ4n) is 3.05. The molecule has 0 radical (unpaired) electrons. The van der Waals surface area contributed by atoms with Gasteiger partial charge in [-0.05, 0) is 18.9 Å². The molecule has 1 N–H and O–H groups in total. The van der Waals surface area contributed by atoms with E-state index in [-0.39, 0.29) is 11.9 Å². The molecule has 1 amide bonds. The maximum atomic E-state index is 12.4. The van der Waals surface area contributed by atoms with E-state index in [1.54, 1.807) is 18.6 Å². The molecule has 0 bridgehead atoms. The Bertz CT molecular complexity index is 675. The van der Waals surface area contributed by atoms with Gasteiger partial charge in [-0.1, -0.05) is 5.16 Å². The van der Waals surface area contributed by atoms with Crippen molar-refractivity contribution in [3.63, 3.8) is 0 Å². The van der Waals surface area contributed by atoms with Crippen LogP contribution in [0.2, 0.25) is 0 Å². The summed E-state index contributed by atoms with van der Waals surface area (Å²) in [6, 6.07) is 3.88. The highest BCUT2D eigenvalue weighted by atomic mass is 32.2. The molecule has 2 aromatic heterocycles. The summed E-state index contributed by atoms with van der Waals surface area (Å²) < 4.78 is 10.5. The lowest BCUT2D eigenvalue weighted by Gasteiger charge is -2.33. The second-order valence-corrected chi connectivity index (χ2v) is 7.54. The van der Waals surface area contributed by atoms with Crippen molar-refractivity contribution in [1.29, 1.82) is 0 Å². The lowest BCUT2D eigenvalue weighted by Crippen LogP contribution is -2.42. The fourth-order valence-corrected chi connectivity index (χ4v) is 3.98. The van der Waals surface area contributed by atoms with Gasteiger partial charge in [-0.15, -0.1) is 0 Å². The van der Waals surface area contributed by atoms with Gasteiger partial charge in [0.05, 0.1) is 18.6 Å². The number of nitrogens with one attached hydrogen (secondary N) is 1. The molecule has 2 aliphatic rings. The Kier molecular flexibility index (Phi) is 4.62. The van der Waals surface area contributed by atoms with Gasteiger partial charge >= 0.3 is 0 Å². The van der Waals surface area contributed by atoms with Crippen LogP contribution in [-0.2, 0) is 0 Å².